The van der Waals surface area contributed by atoms with Crippen LogP contribution >= 0.6 is 66.3 Å². The first-order valence-corrected chi connectivity index (χ1v) is 23.8. The first-order valence-electron chi connectivity index (χ1n) is 17.1. The highest BCUT2D eigenvalue weighted by Gasteiger charge is 2.20. The zero-order valence-electron chi connectivity index (χ0n) is 31.2. The molecule has 0 radical (unpaired) electrons. The molecule has 310 valence electrons. The molecule has 25 heteroatoms. The number of nitrogens with one attached hydrogen (secondary N) is 2. The average Bonchev–Trinajstić information content (AvgIpc) is 3.78. The second kappa shape index (κ2) is 22.4. The van der Waals surface area contributed by atoms with Gasteiger partial charge >= 0.3 is 10.6 Å². The number of rotatable bonds is 18. The van der Waals surface area contributed by atoms with Gasteiger partial charge in [-0.15, -0.1) is 55.8 Å². The predicted octanol–water partition coefficient (Wildman–Crippen LogP) is 9.86. The molecule has 0 atom stereocenters. The summed E-state index contributed by atoms with van der Waals surface area (Å²) in [5.74, 6) is 0.730. The molecule has 58 heavy (non-hydrogen) atoms. The van der Waals surface area contributed by atoms with Crippen LogP contribution in [-0.2, 0) is 20.7 Å². The van der Waals surface area contributed by atoms with Gasteiger partial charge in [0, 0.05) is 43.3 Å². The third kappa shape index (κ3) is 13.8. The Bertz CT molecular complexity index is 2460. The molecule has 18 nitrogen and oxygen atoms in total. The van der Waals surface area contributed by atoms with Crippen LogP contribution in [0.15, 0.2) is 92.7 Å². The van der Waals surface area contributed by atoms with Gasteiger partial charge < -0.3 is 25.5 Å². The lowest BCUT2D eigenvalue weighted by Crippen LogP contribution is -2.21. The molecule has 3 heterocycles. The van der Waals surface area contributed by atoms with Crippen molar-refractivity contribution in [3.8, 4) is 0 Å². The van der Waals surface area contributed by atoms with Crippen LogP contribution in [0.3, 0.4) is 0 Å². The molecular formula is C33H37Br2N11O7S5. The number of aliphatic hydroxyl groups excluding tert-OH is 1. The first-order chi connectivity index (χ1) is 27.7. The Morgan fingerprint density at radius 2 is 1.26 bits per heavy atom. The van der Waals surface area contributed by atoms with E-state index in [9.17, 15) is 18.1 Å². The maximum Gasteiger partial charge on any atom is 0.425 e. The van der Waals surface area contributed by atoms with Gasteiger partial charge in [0.25, 0.3) is 10.1 Å². The number of aliphatic hydroxyl groups is 1. The minimum Gasteiger partial charge on any atom is -0.396 e. The van der Waals surface area contributed by atoms with E-state index in [0.717, 1.165) is 57.7 Å². The molecule has 0 aliphatic rings. The van der Waals surface area contributed by atoms with Gasteiger partial charge in [-0.05, 0) is 114 Å². The van der Waals surface area contributed by atoms with Crippen LogP contribution in [0.2, 0.25) is 0 Å². The van der Waals surface area contributed by atoms with Crippen LogP contribution < -0.4 is 20.4 Å². The van der Waals surface area contributed by atoms with E-state index in [0.29, 0.717) is 37.4 Å². The van der Waals surface area contributed by atoms with Crippen LogP contribution in [-0.4, -0.2) is 84.2 Å². The lowest BCUT2D eigenvalue weighted by Gasteiger charge is -2.22. The molecule has 4 N–H and O–H groups in total. The highest BCUT2D eigenvalue weighted by Crippen LogP contribution is 2.40. The monoisotopic (exact) mass is 1020 g/mol. The van der Waals surface area contributed by atoms with Crippen molar-refractivity contribution in [3.05, 3.63) is 62.2 Å². The topological polar surface area (TPSA) is 244 Å². The summed E-state index contributed by atoms with van der Waals surface area (Å²) >= 11 is 10.5. The van der Waals surface area contributed by atoms with Crippen molar-refractivity contribution in [2.75, 3.05) is 59.0 Å². The summed E-state index contributed by atoms with van der Waals surface area (Å²) in [7, 11) is -7.65. The standard InChI is InChI=1S/C33H37Br2N11O4S4.O3S/c1-5-45(6-2)20-9-11-22(41-43-29-14-13-27(34)52-29)24(17-20)36-31-38-32(40-33(39-31)51-16-15-47)37-25-18-21(46(7-3)8-4)10-12-23(25)42-44-30-26(54(48,49)50)19-28(35)53-30;1-4(2)3/h9-14,17-19,47H,5-8,15-16H2,1-4H3,(H,48,49,50)(H2,36,37,38,39,40);. The molecule has 0 saturated carbocycles. The quantitative estimate of drug-likeness (QED) is 0.0362. The molecule has 0 saturated heterocycles. The first kappa shape index (κ1) is 46.7. The number of halogens is 2. The highest BCUT2D eigenvalue weighted by molar-refractivity contribution is 9.11. The predicted molar refractivity (Wildman–Crippen MR) is 236 cm³/mol. The van der Waals surface area contributed by atoms with E-state index < -0.39 is 20.7 Å². The Labute approximate surface area is 365 Å². The summed E-state index contributed by atoms with van der Waals surface area (Å²) in [5, 5.41) is 34.9. The van der Waals surface area contributed by atoms with Crippen molar-refractivity contribution >= 4 is 143 Å². The molecule has 0 aliphatic carbocycles. The van der Waals surface area contributed by atoms with E-state index in [2.05, 4.69) is 96.6 Å². The van der Waals surface area contributed by atoms with Crippen LogP contribution in [0.25, 0.3) is 0 Å². The number of hydrogen-bond donors (Lipinski definition) is 4. The molecule has 0 fully saturated rings. The minimum absolute atomic E-state index is 0.00379. The number of aromatic nitrogens is 3. The van der Waals surface area contributed by atoms with Crippen molar-refractivity contribution in [1.29, 1.82) is 0 Å². The summed E-state index contributed by atoms with van der Waals surface area (Å²) < 4.78 is 60.5. The maximum absolute atomic E-state index is 12.0. The fourth-order valence-electron chi connectivity index (χ4n) is 5.06. The molecule has 0 unspecified atom stereocenters. The Kier molecular flexibility index (Phi) is 18.1. The van der Waals surface area contributed by atoms with Crippen LogP contribution in [0.4, 0.5) is 56.0 Å². The average molecular weight is 1020 g/mol. The van der Waals surface area contributed by atoms with Crippen LogP contribution in [0.5, 0.6) is 0 Å². The molecule has 5 rings (SSSR count). The van der Waals surface area contributed by atoms with E-state index >= 15 is 0 Å². The molecule has 0 amide bonds. The number of thiophene rings is 2. The van der Waals surface area contributed by atoms with Gasteiger partial charge in [0.1, 0.15) is 21.3 Å². The van der Waals surface area contributed by atoms with Crippen LogP contribution in [0.1, 0.15) is 27.7 Å². The van der Waals surface area contributed by atoms with Crippen molar-refractivity contribution in [1.82, 2.24) is 15.0 Å². The SMILES string of the molecule is CCN(CC)c1ccc(N=Nc2ccc(Br)s2)c(Nc2nc(Nc3cc(N(CC)CC)ccc3N=Nc3sc(Br)cc3S(=O)(=O)O)nc(SCCO)n2)c1.O=S(=O)=O. The molecule has 0 aliphatic heterocycles. The van der Waals surface area contributed by atoms with Crippen molar-refractivity contribution in [2.24, 2.45) is 20.5 Å². The Morgan fingerprint density at radius 1 is 0.741 bits per heavy atom. The lowest BCUT2D eigenvalue weighted by atomic mass is 10.2. The van der Waals surface area contributed by atoms with E-state index in [1.54, 1.807) is 6.07 Å². The summed E-state index contributed by atoms with van der Waals surface area (Å²) in [6.45, 7) is 11.3. The van der Waals surface area contributed by atoms with Gasteiger partial charge in [0.2, 0.25) is 11.9 Å². The Hall–Kier alpha value is -3.95. The third-order valence-electron chi connectivity index (χ3n) is 7.64. The van der Waals surface area contributed by atoms with Crippen molar-refractivity contribution in [3.63, 3.8) is 0 Å². The van der Waals surface area contributed by atoms with Crippen molar-refractivity contribution in [2.45, 2.75) is 37.7 Å². The second-order valence-electron chi connectivity index (χ2n) is 11.2. The fraction of sp³-hybridized carbons (Fsp3) is 0.303. The van der Waals surface area contributed by atoms with Gasteiger partial charge in [-0.1, -0.05) is 11.8 Å². The number of anilines is 6. The Morgan fingerprint density at radius 3 is 1.71 bits per heavy atom. The number of azo groups is 2. The number of benzene rings is 2. The minimum atomic E-state index is -4.54. The molecule has 0 spiro atoms. The highest BCUT2D eigenvalue weighted by atomic mass is 79.9. The second-order valence-corrected chi connectivity index (χ2v) is 18.9. The number of thioether (sulfide) groups is 1. The number of hydrogen-bond acceptors (Lipinski definition) is 20. The lowest BCUT2D eigenvalue weighted by molar-refractivity contribution is 0.322. The summed E-state index contributed by atoms with van der Waals surface area (Å²) in [6, 6.07) is 16.4. The Balaban J connectivity index is 0.00000178. The van der Waals surface area contributed by atoms with E-state index in [-0.39, 0.29) is 28.4 Å². The fourth-order valence-corrected chi connectivity index (χ4v) is 9.30. The molecule has 3 aromatic heterocycles. The smallest absolute Gasteiger partial charge is 0.396 e. The van der Waals surface area contributed by atoms with E-state index in [1.165, 1.54) is 29.2 Å². The third-order valence-corrected chi connectivity index (χ3v) is 12.5. The molecule has 5 aromatic rings. The summed E-state index contributed by atoms with van der Waals surface area (Å²) in [5.41, 5.74) is 3.87. The van der Waals surface area contributed by atoms with Gasteiger partial charge in [0.05, 0.1) is 25.6 Å². The van der Waals surface area contributed by atoms with Gasteiger partial charge in [0.15, 0.2) is 10.2 Å². The van der Waals surface area contributed by atoms with E-state index in [1.807, 2.05) is 56.3 Å². The van der Waals surface area contributed by atoms with Gasteiger partial charge in [-0.25, -0.2) is 0 Å². The van der Waals surface area contributed by atoms with E-state index in [4.69, 9.17) is 17.6 Å². The summed E-state index contributed by atoms with van der Waals surface area (Å²) in [4.78, 5) is 18.0. The normalized spacial score (nSPS) is 11.4. The zero-order valence-corrected chi connectivity index (χ0v) is 38.5. The molecule has 2 aromatic carbocycles. The number of nitrogens with zero attached hydrogens (tertiary/aromatic N) is 9. The maximum atomic E-state index is 12.0. The largest absolute Gasteiger partial charge is 0.425 e. The van der Waals surface area contributed by atoms with Crippen molar-refractivity contribution < 1.29 is 30.7 Å². The molecule has 0 bridgehead atoms. The molecular weight excluding hydrogens is 983 g/mol. The zero-order chi connectivity index (χ0) is 42.4. The summed E-state index contributed by atoms with van der Waals surface area (Å²) in [6.07, 6.45) is 0. The van der Waals surface area contributed by atoms with Crippen LogP contribution in [0, 0.1) is 0 Å². The van der Waals surface area contributed by atoms with Gasteiger partial charge in [-0.2, -0.15) is 23.4 Å². The van der Waals surface area contributed by atoms with Gasteiger partial charge in [-0.3, -0.25) is 4.55 Å².